The van der Waals surface area contributed by atoms with E-state index >= 15 is 0 Å². The fourth-order valence-corrected chi connectivity index (χ4v) is 2.52. The van der Waals surface area contributed by atoms with Gasteiger partial charge in [0.25, 0.3) is 0 Å². The largest absolute Gasteiger partial charge is 0.481 e. The van der Waals surface area contributed by atoms with Gasteiger partial charge in [0.1, 0.15) is 4.34 Å². The average Bonchev–Trinajstić information content (AvgIpc) is 2.53. The van der Waals surface area contributed by atoms with E-state index in [0.717, 1.165) is 11.8 Å². The third-order valence-electron chi connectivity index (χ3n) is 1.48. The molecule has 1 unspecified atom stereocenters. The molecule has 1 aromatic heterocycles. The molecular weight excluding hydrogens is 251 g/mol. The summed E-state index contributed by atoms with van der Waals surface area (Å²) in [5, 5.41) is 10.0. The van der Waals surface area contributed by atoms with Gasteiger partial charge in [-0.25, -0.2) is 4.98 Å². The van der Waals surface area contributed by atoms with Gasteiger partial charge in [-0.15, -0.1) is 11.3 Å². The summed E-state index contributed by atoms with van der Waals surface area (Å²) in [4.78, 5) is 14.1. The number of hydrogen-bond donors (Lipinski definition) is 1. The standard InChI is InChI=1S/C7H6F3NO2S2/c8-7(9,10)4(5(12)13)3-15-6-11-1-2-14-6/h1-2,4H,3H2,(H,12,13). The van der Waals surface area contributed by atoms with Gasteiger partial charge in [-0.1, -0.05) is 11.8 Å². The van der Waals surface area contributed by atoms with Gasteiger partial charge in [-0.05, 0) is 0 Å². The average molecular weight is 257 g/mol. The molecule has 3 nitrogen and oxygen atoms in total. The van der Waals surface area contributed by atoms with Crippen LogP contribution < -0.4 is 0 Å². The van der Waals surface area contributed by atoms with E-state index in [9.17, 15) is 18.0 Å². The van der Waals surface area contributed by atoms with Crippen molar-refractivity contribution >= 4 is 29.1 Å². The summed E-state index contributed by atoms with van der Waals surface area (Å²) >= 11 is 1.98. The molecule has 0 aliphatic rings. The second-order valence-corrected chi connectivity index (χ2v) is 4.70. The highest BCUT2D eigenvalue weighted by atomic mass is 32.2. The number of carboxylic acid groups (broad SMARTS) is 1. The molecule has 0 aliphatic heterocycles. The van der Waals surface area contributed by atoms with Crippen molar-refractivity contribution in [3.8, 4) is 0 Å². The lowest BCUT2D eigenvalue weighted by atomic mass is 10.2. The third kappa shape index (κ3) is 3.71. The normalized spacial score (nSPS) is 13.8. The number of thiazole rings is 1. The van der Waals surface area contributed by atoms with Gasteiger partial charge in [-0.3, -0.25) is 4.79 Å². The molecule has 0 saturated heterocycles. The van der Waals surface area contributed by atoms with Crippen LogP contribution in [0.5, 0.6) is 0 Å². The number of thioether (sulfide) groups is 1. The Morgan fingerprint density at radius 2 is 2.33 bits per heavy atom. The first-order chi connectivity index (χ1) is 6.91. The van der Waals surface area contributed by atoms with Crippen molar-refractivity contribution in [1.29, 1.82) is 0 Å². The maximum atomic E-state index is 12.2. The van der Waals surface area contributed by atoms with E-state index in [0.29, 0.717) is 4.34 Å². The van der Waals surface area contributed by atoms with Crippen molar-refractivity contribution in [2.45, 2.75) is 10.5 Å². The van der Waals surface area contributed by atoms with Gasteiger partial charge < -0.3 is 5.11 Å². The van der Waals surface area contributed by atoms with Gasteiger partial charge in [0.05, 0.1) is 0 Å². The Kier molecular flexibility index (Phi) is 3.97. The highest BCUT2D eigenvalue weighted by molar-refractivity contribution is 8.01. The first-order valence-corrected chi connectivity index (χ1v) is 5.59. The van der Waals surface area contributed by atoms with Crippen LogP contribution in [0.25, 0.3) is 0 Å². The molecule has 0 radical (unpaired) electrons. The molecule has 1 heterocycles. The summed E-state index contributed by atoms with van der Waals surface area (Å²) in [6.07, 6.45) is -3.26. The van der Waals surface area contributed by atoms with Gasteiger partial charge >= 0.3 is 12.1 Å². The molecule has 0 fully saturated rings. The molecule has 1 rings (SSSR count). The topological polar surface area (TPSA) is 50.2 Å². The van der Waals surface area contributed by atoms with E-state index < -0.39 is 23.8 Å². The van der Waals surface area contributed by atoms with Crippen LogP contribution in [0.4, 0.5) is 13.2 Å². The number of nitrogens with zero attached hydrogens (tertiary/aromatic N) is 1. The Morgan fingerprint density at radius 1 is 1.67 bits per heavy atom. The van der Waals surface area contributed by atoms with Gasteiger partial charge in [0.15, 0.2) is 5.92 Å². The summed E-state index contributed by atoms with van der Waals surface area (Å²) in [6, 6.07) is 0. The van der Waals surface area contributed by atoms with Crippen LogP contribution in [-0.4, -0.2) is 28.0 Å². The van der Waals surface area contributed by atoms with Crippen LogP contribution in [0.3, 0.4) is 0 Å². The molecule has 0 saturated carbocycles. The Balaban J connectivity index is 2.57. The number of carboxylic acids is 1. The number of halogens is 3. The van der Waals surface area contributed by atoms with Crippen LogP contribution in [0.2, 0.25) is 0 Å². The van der Waals surface area contributed by atoms with E-state index in [-0.39, 0.29) is 0 Å². The Bertz CT molecular complexity index is 325. The molecule has 15 heavy (non-hydrogen) atoms. The zero-order valence-electron chi connectivity index (χ0n) is 7.19. The van der Waals surface area contributed by atoms with E-state index in [1.165, 1.54) is 17.5 Å². The Morgan fingerprint density at radius 3 is 2.73 bits per heavy atom. The van der Waals surface area contributed by atoms with Crippen molar-refractivity contribution in [2.24, 2.45) is 5.92 Å². The minimum absolute atomic E-state index is 0.436. The lowest BCUT2D eigenvalue weighted by Crippen LogP contribution is -2.32. The molecule has 84 valence electrons. The molecule has 0 aromatic carbocycles. The Hall–Kier alpha value is -0.760. The van der Waals surface area contributed by atoms with E-state index in [1.807, 2.05) is 0 Å². The number of aliphatic carboxylic acids is 1. The van der Waals surface area contributed by atoms with E-state index in [2.05, 4.69) is 4.98 Å². The van der Waals surface area contributed by atoms with Gasteiger partial charge in [0.2, 0.25) is 0 Å². The molecule has 1 N–H and O–H groups in total. The highest BCUT2D eigenvalue weighted by Gasteiger charge is 2.45. The van der Waals surface area contributed by atoms with Crippen LogP contribution in [0.1, 0.15) is 0 Å². The number of carbonyl (C=O) groups is 1. The smallest absolute Gasteiger partial charge is 0.403 e. The minimum atomic E-state index is -4.71. The monoisotopic (exact) mass is 257 g/mol. The van der Waals surface area contributed by atoms with Gasteiger partial charge in [-0.2, -0.15) is 13.2 Å². The zero-order valence-corrected chi connectivity index (χ0v) is 8.83. The number of aromatic nitrogens is 1. The van der Waals surface area contributed by atoms with Crippen LogP contribution >= 0.6 is 23.1 Å². The molecule has 0 amide bonds. The fourth-order valence-electron chi connectivity index (χ4n) is 0.742. The van der Waals surface area contributed by atoms with Crippen molar-refractivity contribution in [3.05, 3.63) is 11.6 Å². The van der Waals surface area contributed by atoms with Crippen molar-refractivity contribution in [1.82, 2.24) is 4.98 Å². The van der Waals surface area contributed by atoms with Crippen molar-refractivity contribution in [2.75, 3.05) is 5.75 Å². The summed E-state index contributed by atoms with van der Waals surface area (Å²) in [5.74, 6) is -4.75. The van der Waals surface area contributed by atoms with Crippen LogP contribution in [0.15, 0.2) is 15.9 Å². The van der Waals surface area contributed by atoms with E-state index in [1.54, 1.807) is 5.38 Å². The molecule has 0 spiro atoms. The number of alkyl halides is 3. The van der Waals surface area contributed by atoms with Crippen molar-refractivity contribution < 1.29 is 23.1 Å². The lowest BCUT2D eigenvalue weighted by Gasteiger charge is -2.14. The SMILES string of the molecule is O=C(O)C(CSc1nccs1)C(F)(F)F. The Labute approximate surface area is 91.3 Å². The summed E-state index contributed by atoms with van der Waals surface area (Å²) in [6.45, 7) is 0. The summed E-state index contributed by atoms with van der Waals surface area (Å²) < 4.78 is 37.0. The minimum Gasteiger partial charge on any atom is -0.481 e. The van der Waals surface area contributed by atoms with E-state index in [4.69, 9.17) is 5.11 Å². The molecule has 0 aliphatic carbocycles. The first kappa shape index (κ1) is 12.3. The molecule has 0 bridgehead atoms. The first-order valence-electron chi connectivity index (χ1n) is 3.73. The third-order valence-corrected chi connectivity index (χ3v) is 3.54. The lowest BCUT2D eigenvalue weighted by molar-refractivity contribution is -0.188. The maximum absolute atomic E-state index is 12.2. The molecular formula is C7H6F3NO2S2. The highest BCUT2D eigenvalue weighted by Crippen LogP contribution is 2.32. The number of rotatable bonds is 4. The molecule has 1 aromatic rings. The predicted octanol–water partition coefficient (Wildman–Crippen LogP) is 2.50. The van der Waals surface area contributed by atoms with Gasteiger partial charge in [0, 0.05) is 17.3 Å². The number of hydrogen-bond acceptors (Lipinski definition) is 4. The predicted molar refractivity (Wildman–Crippen MR) is 50.0 cm³/mol. The maximum Gasteiger partial charge on any atom is 0.403 e. The second-order valence-electron chi connectivity index (χ2n) is 2.54. The van der Waals surface area contributed by atoms with Crippen LogP contribution in [-0.2, 0) is 4.79 Å². The molecule has 1 atom stereocenters. The van der Waals surface area contributed by atoms with Crippen molar-refractivity contribution in [3.63, 3.8) is 0 Å². The summed E-state index contributed by atoms with van der Waals surface area (Å²) in [5.41, 5.74) is 0. The molecule has 8 heteroatoms. The van der Waals surface area contributed by atoms with Crippen LogP contribution in [0, 0.1) is 5.92 Å². The quantitative estimate of drug-likeness (QED) is 0.842. The second kappa shape index (κ2) is 4.84. The zero-order chi connectivity index (χ0) is 11.5. The summed E-state index contributed by atoms with van der Waals surface area (Å²) in [7, 11) is 0. The fraction of sp³-hybridized carbons (Fsp3) is 0.429.